The maximum Gasteiger partial charge on any atom is 0.191 e. The average Bonchev–Trinajstić information content (AvgIpc) is 3.22. The number of nitrogens with zero attached hydrogens (tertiary/aromatic N) is 3. The molecule has 0 amide bonds. The highest BCUT2D eigenvalue weighted by molar-refractivity contribution is 7.98. The van der Waals surface area contributed by atoms with Gasteiger partial charge < -0.3 is 10.2 Å². The zero-order chi connectivity index (χ0) is 13.7. The van der Waals surface area contributed by atoms with E-state index in [4.69, 9.17) is 0 Å². The number of nitrogens with one attached hydrogen (secondary N) is 1. The minimum Gasteiger partial charge on any atom is -0.370 e. The summed E-state index contributed by atoms with van der Waals surface area (Å²) < 4.78 is 0. The molecule has 0 saturated heterocycles. The molecule has 0 aromatic carbocycles. The smallest absolute Gasteiger partial charge is 0.191 e. The topological polar surface area (TPSA) is 41.0 Å². The number of hydrogen-bond acceptors (Lipinski definition) is 5. The molecule has 1 aliphatic rings. The number of aromatic nitrogens is 2. The predicted molar refractivity (Wildman–Crippen MR) is 83.2 cm³/mol. The Kier molecular flexibility index (Phi) is 5.31. The second-order valence-electron chi connectivity index (χ2n) is 5.02. The van der Waals surface area contributed by atoms with Crippen LogP contribution in [0.3, 0.4) is 0 Å². The van der Waals surface area contributed by atoms with Gasteiger partial charge >= 0.3 is 0 Å². The van der Waals surface area contributed by atoms with Gasteiger partial charge in [-0.15, -0.1) is 0 Å². The van der Waals surface area contributed by atoms with Crippen LogP contribution in [0.15, 0.2) is 11.2 Å². The molecule has 1 fully saturated rings. The van der Waals surface area contributed by atoms with Crippen molar-refractivity contribution >= 4 is 23.4 Å². The van der Waals surface area contributed by atoms with Gasteiger partial charge in [-0.05, 0) is 38.4 Å². The fourth-order valence-electron chi connectivity index (χ4n) is 2.12. The van der Waals surface area contributed by atoms with Crippen molar-refractivity contribution in [1.82, 2.24) is 9.97 Å². The molecule has 1 aromatic heterocycles. The molecule has 106 valence electrons. The van der Waals surface area contributed by atoms with Gasteiger partial charge in [0.1, 0.15) is 11.6 Å². The third-order valence-electron chi connectivity index (χ3n) is 3.23. The van der Waals surface area contributed by atoms with Crippen LogP contribution in [0.2, 0.25) is 0 Å². The Bertz CT molecular complexity index is 406. The van der Waals surface area contributed by atoms with Crippen LogP contribution < -0.4 is 10.2 Å². The van der Waals surface area contributed by atoms with Crippen molar-refractivity contribution in [2.75, 3.05) is 36.1 Å². The third kappa shape index (κ3) is 4.27. The predicted octanol–water partition coefficient (Wildman–Crippen LogP) is 3.26. The molecule has 0 aliphatic heterocycles. The molecular formula is C14H24N4S. The molecule has 1 aliphatic carbocycles. The van der Waals surface area contributed by atoms with E-state index in [9.17, 15) is 0 Å². The lowest BCUT2D eigenvalue weighted by atomic mass is 10.3. The standard InChI is InChI=1S/C14H24N4S/c1-4-8-18(10-11-6-7-11)13-9-12(15-5-2)16-14(17-13)19-3/h9,11H,4-8,10H2,1-3H3,(H,15,16,17). The largest absolute Gasteiger partial charge is 0.370 e. The lowest BCUT2D eigenvalue weighted by molar-refractivity contribution is 0.692. The van der Waals surface area contributed by atoms with Gasteiger partial charge in [-0.1, -0.05) is 18.7 Å². The van der Waals surface area contributed by atoms with E-state index in [1.54, 1.807) is 11.8 Å². The van der Waals surface area contributed by atoms with E-state index in [1.165, 1.54) is 12.8 Å². The lowest BCUT2D eigenvalue weighted by Crippen LogP contribution is -2.27. The summed E-state index contributed by atoms with van der Waals surface area (Å²) in [6.07, 6.45) is 5.93. The molecule has 4 nitrogen and oxygen atoms in total. The van der Waals surface area contributed by atoms with E-state index >= 15 is 0 Å². The van der Waals surface area contributed by atoms with Crippen molar-refractivity contribution in [2.45, 2.75) is 38.3 Å². The van der Waals surface area contributed by atoms with E-state index in [1.807, 2.05) is 6.26 Å². The second kappa shape index (κ2) is 6.98. The van der Waals surface area contributed by atoms with Gasteiger partial charge in [-0.2, -0.15) is 0 Å². The van der Waals surface area contributed by atoms with Crippen molar-refractivity contribution in [3.05, 3.63) is 6.07 Å². The first-order valence-corrected chi connectivity index (χ1v) is 8.41. The van der Waals surface area contributed by atoms with Gasteiger partial charge in [0.05, 0.1) is 0 Å². The van der Waals surface area contributed by atoms with Gasteiger partial charge in [0.25, 0.3) is 0 Å². The van der Waals surface area contributed by atoms with Crippen LogP contribution in [0.1, 0.15) is 33.1 Å². The summed E-state index contributed by atoms with van der Waals surface area (Å²) in [6.45, 7) is 7.42. The quantitative estimate of drug-likeness (QED) is 0.585. The molecule has 1 heterocycles. The van der Waals surface area contributed by atoms with Crippen molar-refractivity contribution < 1.29 is 0 Å². The van der Waals surface area contributed by atoms with Crippen LogP contribution in [0.5, 0.6) is 0 Å². The Morgan fingerprint density at radius 3 is 2.74 bits per heavy atom. The van der Waals surface area contributed by atoms with Crippen molar-refractivity contribution in [3.8, 4) is 0 Å². The van der Waals surface area contributed by atoms with Crippen LogP contribution in [0.25, 0.3) is 0 Å². The van der Waals surface area contributed by atoms with Gasteiger partial charge in [0.15, 0.2) is 5.16 Å². The Balaban J connectivity index is 2.19. The fraction of sp³-hybridized carbons (Fsp3) is 0.714. The molecule has 1 saturated carbocycles. The first-order chi connectivity index (χ1) is 9.26. The summed E-state index contributed by atoms with van der Waals surface area (Å²) in [7, 11) is 0. The Morgan fingerprint density at radius 1 is 1.37 bits per heavy atom. The van der Waals surface area contributed by atoms with Crippen LogP contribution in [-0.2, 0) is 0 Å². The van der Waals surface area contributed by atoms with E-state index in [2.05, 4.69) is 40.1 Å². The fourth-order valence-corrected chi connectivity index (χ4v) is 2.49. The number of hydrogen-bond donors (Lipinski definition) is 1. The maximum absolute atomic E-state index is 4.67. The van der Waals surface area contributed by atoms with Crippen molar-refractivity contribution in [1.29, 1.82) is 0 Å². The Hall–Kier alpha value is -0.970. The molecule has 0 unspecified atom stereocenters. The summed E-state index contributed by atoms with van der Waals surface area (Å²) in [5, 5.41) is 4.15. The molecule has 0 bridgehead atoms. The second-order valence-corrected chi connectivity index (χ2v) is 5.79. The van der Waals surface area contributed by atoms with E-state index in [0.29, 0.717) is 0 Å². The minimum atomic E-state index is 0.852. The molecule has 0 atom stereocenters. The molecule has 19 heavy (non-hydrogen) atoms. The Labute approximate surface area is 120 Å². The zero-order valence-corrected chi connectivity index (χ0v) is 13.0. The highest BCUT2D eigenvalue weighted by Crippen LogP contribution is 2.31. The maximum atomic E-state index is 4.67. The van der Waals surface area contributed by atoms with Gasteiger partial charge in [-0.3, -0.25) is 0 Å². The van der Waals surface area contributed by atoms with E-state index < -0.39 is 0 Å². The average molecular weight is 280 g/mol. The first kappa shape index (κ1) is 14.4. The molecule has 0 radical (unpaired) electrons. The summed E-state index contributed by atoms with van der Waals surface area (Å²) in [4.78, 5) is 11.6. The molecule has 2 rings (SSSR count). The first-order valence-electron chi connectivity index (χ1n) is 7.18. The highest BCUT2D eigenvalue weighted by atomic mass is 32.2. The molecule has 1 N–H and O–H groups in total. The third-order valence-corrected chi connectivity index (χ3v) is 3.77. The minimum absolute atomic E-state index is 0.852. The summed E-state index contributed by atoms with van der Waals surface area (Å²) in [6, 6.07) is 2.08. The highest BCUT2D eigenvalue weighted by Gasteiger charge is 2.25. The van der Waals surface area contributed by atoms with Crippen LogP contribution >= 0.6 is 11.8 Å². The summed E-state index contributed by atoms with van der Waals surface area (Å²) in [5.41, 5.74) is 0. The molecular weight excluding hydrogens is 256 g/mol. The summed E-state index contributed by atoms with van der Waals surface area (Å²) >= 11 is 1.60. The van der Waals surface area contributed by atoms with Crippen molar-refractivity contribution in [2.24, 2.45) is 5.92 Å². The van der Waals surface area contributed by atoms with Gasteiger partial charge in [-0.25, -0.2) is 9.97 Å². The van der Waals surface area contributed by atoms with Crippen LogP contribution in [0, 0.1) is 5.92 Å². The normalized spacial score (nSPS) is 14.5. The van der Waals surface area contributed by atoms with Gasteiger partial charge in [0, 0.05) is 25.7 Å². The number of rotatable bonds is 8. The number of anilines is 2. The lowest BCUT2D eigenvalue weighted by Gasteiger charge is -2.24. The SMILES string of the molecule is CCCN(CC1CC1)c1cc(NCC)nc(SC)n1. The van der Waals surface area contributed by atoms with E-state index in [0.717, 1.165) is 48.8 Å². The number of thioether (sulfide) groups is 1. The molecule has 1 aromatic rings. The van der Waals surface area contributed by atoms with Gasteiger partial charge in [0.2, 0.25) is 0 Å². The monoisotopic (exact) mass is 280 g/mol. The van der Waals surface area contributed by atoms with Crippen LogP contribution in [-0.4, -0.2) is 35.9 Å². The zero-order valence-electron chi connectivity index (χ0n) is 12.1. The summed E-state index contributed by atoms with van der Waals surface area (Å²) in [5.74, 6) is 2.89. The van der Waals surface area contributed by atoms with Crippen molar-refractivity contribution in [3.63, 3.8) is 0 Å². The Morgan fingerprint density at radius 2 is 2.16 bits per heavy atom. The molecule has 0 spiro atoms. The van der Waals surface area contributed by atoms with E-state index in [-0.39, 0.29) is 0 Å². The molecule has 5 heteroatoms. The van der Waals surface area contributed by atoms with Crippen LogP contribution in [0.4, 0.5) is 11.6 Å².